The topological polar surface area (TPSA) is 191 Å². The van der Waals surface area contributed by atoms with Crippen molar-refractivity contribution in [2.45, 2.75) is 206 Å². The van der Waals surface area contributed by atoms with E-state index in [2.05, 4.69) is 0 Å². The highest BCUT2D eigenvalue weighted by atomic mass is 19.1. The van der Waals surface area contributed by atoms with Crippen molar-refractivity contribution in [3.05, 3.63) is 0 Å². The molecule has 16 heteroatoms. The lowest BCUT2D eigenvalue weighted by Crippen LogP contribution is -2.52. The normalized spacial score (nSPS) is 21.5. The summed E-state index contributed by atoms with van der Waals surface area (Å²) in [6.45, 7) is 35.2. The molecule has 0 saturated carbocycles. The number of ketones is 6. The molecule has 66 heavy (non-hydrogen) atoms. The Labute approximate surface area is 396 Å². The van der Waals surface area contributed by atoms with E-state index in [1.54, 1.807) is 30.6 Å². The molecule has 3 aliphatic rings. The minimum atomic E-state index is -1.26. The predicted molar refractivity (Wildman–Crippen MR) is 254 cm³/mol. The summed E-state index contributed by atoms with van der Waals surface area (Å²) in [5.41, 5.74) is -3.21. The van der Waals surface area contributed by atoms with Crippen molar-refractivity contribution in [1.29, 1.82) is 0 Å². The average molecular weight is 942 g/mol. The molecule has 0 aromatic rings. The number of hydrogen-bond acceptors (Lipinski definition) is 12. The summed E-state index contributed by atoms with van der Waals surface area (Å²) in [6.07, 6.45) is 1.38. The van der Waals surface area contributed by atoms with Gasteiger partial charge in [0.05, 0.1) is 24.7 Å². The Morgan fingerprint density at radius 3 is 1.47 bits per heavy atom. The summed E-state index contributed by atoms with van der Waals surface area (Å²) in [7, 11) is 0. The van der Waals surface area contributed by atoms with Gasteiger partial charge in [-0.05, 0) is 128 Å². The van der Waals surface area contributed by atoms with Gasteiger partial charge in [0.25, 0.3) is 0 Å². The Balaban J connectivity index is 0. The van der Waals surface area contributed by atoms with Crippen LogP contribution in [0.3, 0.4) is 0 Å². The molecule has 3 rings (SSSR count). The number of amides is 3. The molecule has 3 heterocycles. The molecule has 0 N–H and O–H groups in total. The van der Waals surface area contributed by atoms with Gasteiger partial charge in [0.1, 0.15) is 52.4 Å². The number of hydrogen-bond donors (Lipinski definition) is 0. The first-order valence-electron chi connectivity index (χ1n) is 23.7. The van der Waals surface area contributed by atoms with Crippen LogP contribution in [0.15, 0.2) is 0 Å². The van der Waals surface area contributed by atoms with E-state index in [0.717, 1.165) is 19.3 Å². The summed E-state index contributed by atoms with van der Waals surface area (Å²) < 4.78 is 29.5. The molecular formula is C50H88FN3O12. The van der Waals surface area contributed by atoms with Crippen molar-refractivity contribution in [3.63, 3.8) is 0 Å². The third-order valence-electron chi connectivity index (χ3n) is 10.8. The Kier molecular flexibility index (Phi) is 27.3. The van der Waals surface area contributed by atoms with Gasteiger partial charge in [-0.15, -0.1) is 0 Å². The first kappa shape index (κ1) is 63.8. The minimum Gasteiger partial charge on any atom is -0.444 e. The summed E-state index contributed by atoms with van der Waals surface area (Å²) in [6, 6.07) is -0.217. The number of nitrogens with zero attached hydrogens (tertiary/aromatic N) is 3. The standard InChI is InChI=1S/C16H27NO4.C15H24FNO4.C15H25NO4.2C2H6/c1-11(18)9-13(19)12-10-17(8-7-16(12,5)6)14(20)21-15(2,3)4;1-11(18)8-12(19)15(9-16)6-5-7-17(10-15)13(20)21-14(2,3)4;1-10(17)9-13(18)12-7-6-8-16(11(12)2)14(19)20-15(3,4)5;2*1-2/h12H,7-10H2,1-6H3;5-10H2,1-4H3;11-12H,6-9H2,1-5H3;2*1-2H3. The van der Waals surface area contributed by atoms with Crippen molar-refractivity contribution in [2.75, 3.05) is 39.4 Å². The Bertz CT molecular complexity index is 1640. The second-order valence-electron chi connectivity index (χ2n) is 20.8. The van der Waals surface area contributed by atoms with Crippen LogP contribution in [0.4, 0.5) is 18.8 Å². The number of Topliss-reactive ketones (excluding diaryl/α,β-unsaturated/α-hetero) is 6. The fraction of sp³-hybridized carbons (Fsp3) is 0.820. The minimum absolute atomic E-state index is 0.0233. The van der Waals surface area contributed by atoms with Crippen LogP contribution in [-0.2, 0) is 43.0 Å². The second-order valence-corrected chi connectivity index (χ2v) is 20.8. The third kappa shape index (κ3) is 23.5. The maximum Gasteiger partial charge on any atom is 0.410 e. The highest BCUT2D eigenvalue weighted by molar-refractivity contribution is 6.01. The maximum absolute atomic E-state index is 13.5. The monoisotopic (exact) mass is 942 g/mol. The molecule has 0 radical (unpaired) electrons. The van der Waals surface area contributed by atoms with E-state index in [9.17, 15) is 47.5 Å². The van der Waals surface area contributed by atoms with Crippen LogP contribution >= 0.6 is 0 Å². The molecule has 3 amide bonds. The average Bonchev–Trinajstić information content (AvgIpc) is 3.17. The van der Waals surface area contributed by atoms with Crippen LogP contribution in [0.1, 0.15) is 183 Å². The number of rotatable bonds is 10. The maximum atomic E-state index is 13.5. The van der Waals surface area contributed by atoms with Crippen molar-refractivity contribution >= 4 is 53.0 Å². The molecule has 3 aliphatic heterocycles. The number of likely N-dealkylation sites (tertiary alicyclic amines) is 3. The number of alkyl halides is 1. The zero-order valence-corrected chi connectivity index (χ0v) is 44.3. The number of ether oxygens (including phenoxy) is 3. The predicted octanol–water partition coefficient (Wildman–Crippen LogP) is 9.96. The number of piperidine rings is 3. The SMILES string of the molecule is CC.CC.CC(=O)CC(=O)C1(CF)CCCN(C(=O)OC(C)(C)C)C1.CC(=O)CC(=O)C1CCCN(C(=O)OC(C)(C)C)C1C.CC(=O)CC(=O)C1CN(C(=O)OC(C)(C)C)CCC1(C)C. The van der Waals surface area contributed by atoms with Crippen LogP contribution < -0.4 is 0 Å². The van der Waals surface area contributed by atoms with Gasteiger partial charge in [0, 0.05) is 50.6 Å². The van der Waals surface area contributed by atoms with Crippen LogP contribution in [0.5, 0.6) is 0 Å². The summed E-state index contributed by atoms with van der Waals surface area (Å²) in [4.78, 5) is 111. The summed E-state index contributed by atoms with van der Waals surface area (Å²) >= 11 is 0. The van der Waals surface area contributed by atoms with Gasteiger partial charge in [0.15, 0.2) is 5.78 Å². The van der Waals surface area contributed by atoms with Crippen molar-refractivity contribution in [3.8, 4) is 0 Å². The van der Waals surface area contributed by atoms with Gasteiger partial charge in [-0.1, -0.05) is 41.5 Å². The molecule has 4 unspecified atom stereocenters. The van der Waals surface area contributed by atoms with Gasteiger partial charge >= 0.3 is 18.3 Å². The number of halogens is 1. The van der Waals surface area contributed by atoms with Gasteiger partial charge < -0.3 is 28.9 Å². The van der Waals surface area contributed by atoms with Crippen molar-refractivity contribution in [1.82, 2.24) is 14.7 Å². The first-order valence-corrected chi connectivity index (χ1v) is 23.7. The fourth-order valence-corrected chi connectivity index (χ4v) is 7.52. The molecule has 382 valence electrons. The van der Waals surface area contributed by atoms with Crippen LogP contribution in [0.2, 0.25) is 0 Å². The van der Waals surface area contributed by atoms with Gasteiger partial charge in [-0.25, -0.2) is 18.8 Å². The van der Waals surface area contributed by atoms with Crippen LogP contribution in [0.25, 0.3) is 0 Å². The second kappa shape index (κ2) is 28.2. The Morgan fingerprint density at radius 2 is 1.03 bits per heavy atom. The van der Waals surface area contributed by atoms with Crippen LogP contribution in [-0.4, -0.2) is 130 Å². The highest BCUT2D eigenvalue weighted by Crippen LogP contribution is 2.38. The quantitative estimate of drug-likeness (QED) is 0.149. The highest BCUT2D eigenvalue weighted by Gasteiger charge is 2.45. The molecule has 15 nitrogen and oxygen atoms in total. The van der Waals surface area contributed by atoms with Gasteiger partial charge in [0.2, 0.25) is 0 Å². The molecule has 0 aromatic carbocycles. The van der Waals surface area contributed by atoms with E-state index < -0.39 is 46.9 Å². The largest absolute Gasteiger partial charge is 0.444 e. The van der Waals surface area contributed by atoms with Crippen molar-refractivity contribution < 1.29 is 61.8 Å². The zero-order valence-electron chi connectivity index (χ0n) is 44.3. The Morgan fingerprint density at radius 1 is 0.591 bits per heavy atom. The fourth-order valence-electron chi connectivity index (χ4n) is 7.52. The van der Waals surface area contributed by atoms with E-state index >= 15 is 0 Å². The molecule has 0 aromatic heterocycles. The van der Waals surface area contributed by atoms with Crippen LogP contribution in [0, 0.1) is 22.7 Å². The zero-order chi connectivity index (χ0) is 52.2. The van der Waals surface area contributed by atoms with E-state index in [1.165, 1.54) is 25.7 Å². The lowest BCUT2D eigenvalue weighted by molar-refractivity contribution is -0.137. The van der Waals surface area contributed by atoms with Gasteiger partial charge in [-0.3, -0.25) is 28.8 Å². The number of carbonyl (C=O) groups is 9. The lowest BCUT2D eigenvalue weighted by Gasteiger charge is -2.43. The molecule has 0 aliphatic carbocycles. The number of carbonyl (C=O) groups excluding carboxylic acids is 9. The summed E-state index contributed by atoms with van der Waals surface area (Å²) in [5.74, 6) is -1.71. The molecule has 3 saturated heterocycles. The molecular weight excluding hydrogens is 854 g/mol. The van der Waals surface area contributed by atoms with E-state index in [4.69, 9.17) is 14.2 Å². The van der Waals surface area contributed by atoms with E-state index in [-0.39, 0.29) is 84.1 Å². The molecule has 4 atom stereocenters. The van der Waals surface area contributed by atoms with E-state index in [1.807, 2.05) is 90.0 Å². The summed E-state index contributed by atoms with van der Waals surface area (Å²) in [5, 5.41) is 0. The third-order valence-corrected chi connectivity index (χ3v) is 10.8. The molecule has 0 spiro atoms. The smallest absolute Gasteiger partial charge is 0.410 e. The van der Waals surface area contributed by atoms with E-state index in [0.29, 0.717) is 39.0 Å². The lowest BCUT2D eigenvalue weighted by atomic mass is 9.70. The Hall–Kier alpha value is -4.24. The molecule has 3 fully saturated rings. The molecule has 0 bridgehead atoms. The first-order chi connectivity index (χ1) is 30.1. The van der Waals surface area contributed by atoms with Gasteiger partial charge in [-0.2, -0.15) is 0 Å². The van der Waals surface area contributed by atoms with Crippen molar-refractivity contribution in [2.24, 2.45) is 22.7 Å².